The Labute approximate surface area is 138 Å². The summed E-state index contributed by atoms with van der Waals surface area (Å²) in [5, 5.41) is -0.0412. The van der Waals surface area contributed by atoms with E-state index in [-0.39, 0.29) is 35.9 Å². The van der Waals surface area contributed by atoms with Gasteiger partial charge in [0.2, 0.25) is 21.8 Å². The zero-order chi connectivity index (χ0) is 17.2. The van der Waals surface area contributed by atoms with E-state index in [1.807, 2.05) is 4.72 Å². The summed E-state index contributed by atoms with van der Waals surface area (Å²) in [5.74, 6) is -1.50. The number of carbonyl (C=O) groups excluding carboxylic acids is 2. The van der Waals surface area contributed by atoms with E-state index in [0.717, 1.165) is 6.26 Å². The average molecular weight is 363 g/mol. The number of halogens is 2. The Bertz CT molecular complexity index is 738. The van der Waals surface area contributed by atoms with Crippen LogP contribution in [-0.2, 0) is 26.2 Å². The molecule has 1 saturated heterocycles. The van der Waals surface area contributed by atoms with Crippen LogP contribution in [0, 0.1) is 5.82 Å². The highest BCUT2D eigenvalue weighted by atomic mass is 35.5. The van der Waals surface area contributed by atoms with Crippen molar-refractivity contribution in [1.82, 2.24) is 9.62 Å². The van der Waals surface area contributed by atoms with Gasteiger partial charge in [0.05, 0.1) is 11.3 Å². The Morgan fingerprint density at radius 2 is 2.17 bits per heavy atom. The molecule has 126 valence electrons. The summed E-state index contributed by atoms with van der Waals surface area (Å²) in [6.45, 7) is -0.0119. The number of sulfonamides is 1. The number of hydrogen-bond donors (Lipinski definition) is 1. The second-order valence-electron chi connectivity index (χ2n) is 5.43. The predicted octanol–water partition coefficient (Wildman–Crippen LogP) is 1.44. The SMILES string of the molecule is CS(=O)(=O)NC(=O)CC1CCC(=O)N1Cc1cccc(Cl)c1F. The van der Waals surface area contributed by atoms with Gasteiger partial charge >= 0.3 is 0 Å². The lowest BCUT2D eigenvalue weighted by Gasteiger charge is -2.24. The minimum absolute atomic E-state index is 0.0119. The van der Waals surface area contributed by atoms with Crippen LogP contribution in [0.4, 0.5) is 4.39 Å². The molecule has 0 radical (unpaired) electrons. The first-order chi connectivity index (χ1) is 10.7. The van der Waals surface area contributed by atoms with E-state index in [4.69, 9.17) is 11.6 Å². The Kier molecular flexibility index (Phi) is 5.26. The topological polar surface area (TPSA) is 83.5 Å². The molecule has 1 aromatic rings. The molecule has 1 aliphatic rings. The number of carbonyl (C=O) groups is 2. The minimum Gasteiger partial charge on any atom is -0.335 e. The summed E-state index contributed by atoms with van der Waals surface area (Å²) in [6.07, 6.45) is 1.38. The van der Waals surface area contributed by atoms with E-state index >= 15 is 0 Å². The molecule has 23 heavy (non-hydrogen) atoms. The van der Waals surface area contributed by atoms with E-state index in [2.05, 4.69) is 0 Å². The van der Waals surface area contributed by atoms with Gasteiger partial charge in [0.15, 0.2) is 0 Å². The lowest BCUT2D eigenvalue weighted by Crippen LogP contribution is -2.38. The van der Waals surface area contributed by atoms with E-state index < -0.39 is 27.8 Å². The monoisotopic (exact) mass is 362 g/mol. The number of rotatable bonds is 5. The van der Waals surface area contributed by atoms with Gasteiger partial charge < -0.3 is 4.90 Å². The maximum atomic E-state index is 14.0. The van der Waals surface area contributed by atoms with Crippen molar-refractivity contribution in [2.24, 2.45) is 0 Å². The normalized spacial score (nSPS) is 18.3. The summed E-state index contributed by atoms with van der Waals surface area (Å²) in [7, 11) is -3.65. The van der Waals surface area contributed by atoms with Crippen LogP contribution in [0.1, 0.15) is 24.8 Å². The third-order valence-electron chi connectivity index (χ3n) is 3.55. The van der Waals surface area contributed by atoms with Gasteiger partial charge in [0, 0.05) is 31.0 Å². The van der Waals surface area contributed by atoms with Gasteiger partial charge in [-0.1, -0.05) is 23.7 Å². The number of likely N-dealkylation sites (tertiary alicyclic amines) is 1. The smallest absolute Gasteiger partial charge is 0.235 e. The fourth-order valence-electron chi connectivity index (χ4n) is 2.54. The maximum Gasteiger partial charge on any atom is 0.235 e. The van der Waals surface area contributed by atoms with Gasteiger partial charge in [0.1, 0.15) is 5.82 Å². The molecule has 0 bridgehead atoms. The highest BCUT2D eigenvalue weighted by molar-refractivity contribution is 7.89. The van der Waals surface area contributed by atoms with E-state index in [9.17, 15) is 22.4 Å². The Balaban J connectivity index is 2.11. The van der Waals surface area contributed by atoms with E-state index in [1.165, 1.54) is 17.0 Å². The van der Waals surface area contributed by atoms with Crippen LogP contribution in [0.2, 0.25) is 5.02 Å². The second-order valence-corrected chi connectivity index (χ2v) is 7.58. The van der Waals surface area contributed by atoms with Crippen molar-refractivity contribution in [2.45, 2.75) is 31.8 Å². The molecule has 1 aliphatic heterocycles. The van der Waals surface area contributed by atoms with Gasteiger partial charge in [0.25, 0.3) is 0 Å². The average Bonchev–Trinajstić information content (AvgIpc) is 2.74. The molecule has 2 amide bonds. The first-order valence-electron chi connectivity index (χ1n) is 6.90. The molecule has 6 nitrogen and oxygen atoms in total. The molecular formula is C14H16ClFN2O4S. The molecule has 1 fully saturated rings. The molecule has 0 aromatic heterocycles. The molecular weight excluding hydrogens is 347 g/mol. The molecule has 9 heteroatoms. The molecule has 1 aromatic carbocycles. The van der Waals surface area contributed by atoms with Crippen molar-refractivity contribution in [3.63, 3.8) is 0 Å². The Morgan fingerprint density at radius 3 is 2.83 bits per heavy atom. The van der Waals surface area contributed by atoms with Gasteiger partial charge in [-0.25, -0.2) is 12.8 Å². The fraction of sp³-hybridized carbons (Fsp3) is 0.429. The second kappa shape index (κ2) is 6.84. The lowest BCUT2D eigenvalue weighted by atomic mass is 10.1. The maximum absolute atomic E-state index is 14.0. The summed E-state index contributed by atoms with van der Waals surface area (Å²) >= 11 is 5.72. The summed E-state index contributed by atoms with van der Waals surface area (Å²) in [6, 6.07) is 4.03. The third-order valence-corrected chi connectivity index (χ3v) is 4.44. The van der Waals surface area contributed by atoms with Crippen LogP contribution in [-0.4, -0.2) is 37.4 Å². The van der Waals surface area contributed by atoms with E-state index in [1.54, 1.807) is 6.07 Å². The van der Waals surface area contributed by atoms with Gasteiger partial charge in [-0.3, -0.25) is 14.3 Å². The summed E-state index contributed by atoms with van der Waals surface area (Å²) < 4.78 is 37.9. The molecule has 2 rings (SSSR count). The molecule has 0 spiro atoms. The molecule has 0 saturated carbocycles. The standard InChI is InChI=1S/C14H16ClFN2O4S/c1-23(21,22)17-12(19)7-10-5-6-13(20)18(10)8-9-3-2-4-11(15)14(9)16/h2-4,10H,5-8H2,1H3,(H,17,19). The van der Waals surface area contributed by atoms with Crippen molar-refractivity contribution in [3.8, 4) is 0 Å². The highest BCUT2D eigenvalue weighted by Gasteiger charge is 2.33. The zero-order valence-electron chi connectivity index (χ0n) is 12.4. The zero-order valence-corrected chi connectivity index (χ0v) is 14.0. The molecule has 1 unspecified atom stereocenters. The number of amides is 2. The number of benzene rings is 1. The number of hydrogen-bond acceptors (Lipinski definition) is 4. The first kappa shape index (κ1) is 17.7. The van der Waals surface area contributed by atoms with Gasteiger partial charge in [-0.05, 0) is 12.5 Å². The summed E-state index contributed by atoms with van der Waals surface area (Å²) in [5.41, 5.74) is 0.251. The van der Waals surface area contributed by atoms with E-state index in [0.29, 0.717) is 6.42 Å². The molecule has 0 aliphatic carbocycles. The Hall–Kier alpha value is -1.67. The third kappa shape index (κ3) is 4.65. The number of nitrogens with zero attached hydrogens (tertiary/aromatic N) is 1. The molecule has 1 heterocycles. The highest BCUT2D eigenvalue weighted by Crippen LogP contribution is 2.26. The van der Waals surface area contributed by atoms with Crippen LogP contribution in [0.15, 0.2) is 18.2 Å². The van der Waals surface area contributed by atoms with Gasteiger partial charge in [-0.15, -0.1) is 0 Å². The largest absolute Gasteiger partial charge is 0.335 e. The van der Waals surface area contributed by atoms with Crippen molar-refractivity contribution >= 4 is 33.4 Å². The Morgan fingerprint density at radius 1 is 1.48 bits per heavy atom. The minimum atomic E-state index is -3.65. The van der Waals surface area contributed by atoms with Crippen molar-refractivity contribution in [1.29, 1.82) is 0 Å². The molecule has 1 atom stereocenters. The van der Waals surface area contributed by atoms with Crippen molar-refractivity contribution in [3.05, 3.63) is 34.6 Å². The molecule has 1 N–H and O–H groups in total. The quantitative estimate of drug-likeness (QED) is 0.859. The number of nitrogens with one attached hydrogen (secondary N) is 1. The van der Waals surface area contributed by atoms with Crippen LogP contribution >= 0.6 is 11.6 Å². The van der Waals surface area contributed by atoms with Gasteiger partial charge in [-0.2, -0.15) is 0 Å². The van der Waals surface area contributed by atoms with Crippen LogP contribution in [0.5, 0.6) is 0 Å². The van der Waals surface area contributed by atoms with Crippen molar-refractivity contribution < 1.29 is 22.4 Å². The predicted molar refractivity (Wildman–Crippen MR) is 82.6 cm³/mol. The van der Waals surface area contributed by atoms with Crippen molar-refractivity contribution in [2.75, 3.05) is 6.26 Å². The van der Waals surface area contributed by atoms with Crippen LogP contribution in [0.3, 0.4) is 0 Å². The summed E-state index contributed by atoms with van der Waals surface area (Å²) in [4.78, 5) is 25.1. The lowest BCUT2D eigenvalue weighted by molar-refractivity contribution is -0.130. The fourth-order valence-corrected chi connectivity index (χ4v) is 3.23. The van der Waals surface area contributed by atoms with Crippen LogP contribution in [0.25, 0.3) is 0 Å². The first-order valence-corrected chi connectivity index (χ1v) is 9.17. The van der Waals surface area contributed by atoms with Crippen LogP contribution < -0.4 is 4.72 Å².